The lowest BCUT2D eigenvalue weighted by Crippen LogP contribution is -2.42. The number of amides is 1. The normalized spacial score (nSPS) is 20.4. The maximum absolute atomic E-state index is 12.1. The molecular formula is C11H12Cl2N2O2. The molecule has 1 aliphatic heterocycles. The molecule has 1 atom stereocenters. The molecule has 6 heteroatoms. The van der Waals surface area contributed by atoms with Gasteiger partial charge in [0.1, 0.15) is 5.15 Å². The molecule has 1 aliphatic rings. The second-order valence-electron chi connectivity index (χ2n) is 4.04. The lowest BCUT2D eigenvalue weighted by Gasteiger charge is -2.30. The Hall–Kier alpha value is -0.840. The molecule has 1 aromatic heterocycles. The Morgan fingerprint density at radius 3 is 2.94 bits per heavy atom. The molecule has 92 valence electrons. The van der Waals surface area contributed by atoms with Crippen molar-refractivity contribution in [2.45, 2.75) is 18.9 Å². The van der Waals surface area contributed by atoms with Gasteiger partial charge in [-0.1, -0.05) is 23.2 Å². The van der Waals surface area contributed by atoms with Crippen LogP contribution < -0.4 is 0 Å². The molecule has 1 fully saturated rings. The Morgan fingerprint density at radius 2 is 2.29 bits per heavy atom. The van der Waals surface area contributed by atoms with Crippen molar-refractivity contribution >= 4 is 29.1 Å². The van der Waals surface area contributed by atoms with Gasteiger partial charge in [-0.3, -0.25) is 4.79 Å². The van der Waals surface area contributed by atoms with Crippen LogP contribution in [0.5, 0.6) is 0 Å². The number of rotatable bonds is 1. The Kier molecular flexibility index (Phi) is 3.86. The standard InChI is InChI=1S/C11H12Cl2N2O2/c12-9-4-7(5-14-10(9)13)11(17)15-3-1-2-8(16)6-15/h4-5,8,16H,1-3,6H2/t8-/m0/s1. The van der Waals surface area contributed by atoms with E-state index in [-0.39, 0.29) is 16.1 Å². The summed E-state index contributed by atoms with van der Waals surface area (Å²) in [7, 11) is 0. The van der Waals surface area contributed by atoms with Crippen LogP contribution in [0, 0.1) is 0 Å². The zero-order valence-electron chi connectivity index (χ0n) is 9.07. The number of hydrogen-bond acceptors (Lipinski definition) is 3. The Bertz CT molecular complexity index is 439. The molecule has 0 saturated carbocycles. The van der Waals surface area contributed by atoms with Crippen molar-refractivity contribution < 1.29 is 9.90 Å². The van der Waals surface area contributed by atoms with Crippen molar-refractivity contribution in [1.29, 1.82) is 0 Å². The van der Waals surface area contributed by atoms with Crippen LogP contribution >= 0.6 is 23.2 Å². The number of aromatic nitrogens is 1. The first-order valence-corrected chi connectivity index (χ1v) is 6.12. The number of pyridine rings is 1. The Balaban J connectivity index is 2.15. The average Bonchev–Trinajstić information content (AvgIpc) is 2.32. The van der Waals surface area contributed by atoms with Gasteiger partial charge < -0.3 is 10.0 Å². The lowest BCUT2D eigenvalue weighted by molar-refractivity contribution is 0.0473. The van der Waals surface area contributed by atoms with Crippen molar-refractivity contribution in [3.05, 3.63) is 28.0 Å². The maximum atomic E-state index is 12.1. The van der Waals surface area contributed by atoms with E-state index in [0.717, 1.165) is 12.8 Å². The molecule has 17 heavy (non-hydrogen) atoms. The van der Waals surface area contributed by atoms with E-state index in [0.29, 0.717) is 18.7 Å². The maximum Gasteiger partial charge on any atom is 0.255 e. The minimum Gasteiger partial charge on any atom is -0.391 e. The molecular weight excluding hydrogens is 263 g/mol. The summed E-state index contributed by atoms with van der Waals surface area (Å²) in [5, 5.41) is 9.96. The summed E-state index contributed by atoms with van der Waals surface area (Å²) in [4.78, 5) is 17.5. The number of aliphatic hydroxyl groups is 1. The Labute approximate surface area is 109 Å². The Morgan fingerprint density at radius 1 is 1.53 bits per heavy atom. The van der Waals surface area contributed by atoms with Crippen LogP contribution in [-0.2, 0) is 0 Å². The number of nitrogens with zero attached hydrogens (tertiary/aromatic N) is 2. The van der Waals surface area contributed by atoms with Crippen molar-refractivity contribution in [2.75, 3.05) is 13.1 Å². The third kappa shape index (κ3) is 2.89. The van der Waals surface area contributed by atoms with Gasteiger partial charge in [-0.15, -0.1) is 0 Å². The molecule has 0 bridgehead atoms. The molecule has 1 saturated heterocycles. The van der Waals surface area contributed by atoms with Crippen LogP contribution in [0.1, 0.15) is 23.2 Å². The monoisotopic (exact) mass is 274 g/mol. The van der Waals surface area contributed by atoms with Gasteiger partial charge >= 0.3 is 0 Å². The number of piperidine rings is 1. The first-order valence-electron chi connectivity index (χ1n) is 5.36. The van der Waals surface area contributed by atoms with Crippen molar-refractivity contribution in [1.82, 2.24) is 9.88 Å². The highest BCUT2D eigenvalue weighted by molar-refractivity contribution is 6.41. The third-order valence-corrected chi connectivity index (χ3v) is 3.41. The van der Waals surface area contributed by atoms with E-state index >= 15 is 0 Å². The van der Waals surface area contributed by atoms with Crippen molar-refractivity contribution in [3.8, 4) is 0 Å². The number of carbonyl (C=O) groups is 1. The quantitative estimate of drug-likeness (QED) is 0.797. The molecule has 0 radical (unpaired) electrons. The number of β-amino-alcohol motifs (C(OH)–C–C–N with tert-alkyl or cyclic N) is 1. The predicted octanol–water partition coefficient (Wildman–Crippen LogP) is 1.99. The van der Waals surface area contributed by atoms with Crippen LogP contribution in [0.3, 0.4) is 0 Å². The minimum atomic E-state index is -0.441. The number of halogens is 2. The zero-order valence-corrected chi connectivity index (χ0v) is 10.6. The van der Waals surface area contributed by atoms with E-state index in [9.17, 15) is 9.90 Å². The van der Waals surface area contributed by atoms with Crippen LogP contribution in [0.15, 0.2) is 12.3 Å². The van der Waals surface area contributed by atoms with E-state index in [1.54, 1.807) is 4.90 Å². The van der Waals surface area contributed by atoms with Crippen LogP contribution in [-0.4, -0.2) is 40.1 Å². The van der Waals surface area contributed by atoms with Crippen LogP contribution in [0.25, 0.3) is 0 Å². The number of likely N-dealkylation sites (tertiary alicyclic amines) is 1. The fourth-order valence-electron chi connectivity index (χ4n) is 1.86. The van der Waals surface area contributed by atoms with Crippen LogP contribution in [0.2, 0.25) is 10.2 Å². The molecule has 4 nitrogen and oxygen atoms in total. The molecule has 0 spiro atoms. The molecule has 1 aromatic rings. The smallest absolute Gasteiger partial charge is 0.255 e. The summed E-state index contributed by atoms with van der Waals surface area (Å²) in [6.45, 7) is 1.01. The fraction of sp³-hybridized carbons (Fsp3) is 0.455. The minimum absolute atomic E-state index is 0.171. The topological polar surface area (TPSA) is 53.4 Å². The molecule has 1 N–H and O–H groups in total. The zero-order chi connectivity index (χ0) is 12.4. The molecule has 0 aromatic carbocycles. The first-order chi connectivity index (χ1) is 8.08. The fourth-order valence-corrected chi connectivity index (χ4v) is 2.13. The second-order valence-corrected chi connectivity index (χ2v) is 4.81. The van der Waals surface area contributed by atoms with Gasteiger partial charge in [-0.05, 0) is 18.9 Å². The van der Waals surface area contributed by atoms with Crippen molar-refractivity contribution in [2.24, 2.45) is 0 Å². The summed E-state index contributed by atoms with van der Waals surface area (Å²) in [6.07, 6.45) is 2.51. The highest BCUT2D eigenvalue weighted by Crippen LogP contribution is 2.21. The highest BCUT2D eigenvalue weighted by Gasteiger charge is 2.23. The molecule has 2 rings (SSSR count). The highest BCUT2D eigenvalue weighted by atomic mass is 35.5. The molecule has 2 heterocycles. The summed E-state index contributed by atoms with van der Waals surface area (Å²) in [6, 6.07) is 1.50. The number of carbonyl (C=O) groups excluding carboxylic acids is 1. The first kappa shape index (κ1) is 12.6. The molecule has 0 aliphatic carbocycles. The summed E-state index contributed by atoms with van der Waals surface area (Å²) >= 11 is 11.5. The van der Waals surface area contributed by atoms with E-state index in [1.165, 1.54) is 12.3 Å². The number of aliphatic hydroxyl groups excluding tert-OH is 1. The number of hydrogen-bond donors (Lipinski definition) is 1. The summed E-state index contributed by atoms with van der Waals surface area (Å²) in [5.41, 5.74) is 0.397. The molecule has 0 unspecified atom stereocenters. The summed E-state index contributed by atoms with van der Waals surface area (Å²) in [5.74, 6) is -0.171. The predicted molar refractivity (Wildman–Crippen MR) is 65.4 cm³/mol. The van der Waals surface area contributed by atoms with Gasteiger partial charge in [0.2, 0.25) is 0 Å². The van der Waals surface area contributed by atoms with Gasteiger partial charge in [0, 0.05) is 19.3 Å². The average molecular weight is 275 g/mol. The van der Waals surface area contributed by atoms with Gasteiger partial charge in [-0.25, -0.2) is 4.98 Å². The third-order valence-electron chi connectivity index (χ3n) is 2.73. The SMILES string of the molecule is O=C(c1cnc(Cl)c(Cl)c1)N1CCC[C@H](O)C1. The van der Waals surface area contributed by atoms with E-state index in [4.69, 9.17) is 23.2 Å². The summed E-state index contributed by atoms with van der Waals surface area (Å²) < 4.78 is 0. The van der Waals surface area contributed by atoms with Gasteiger partial charge in [0.05, 0.1) is 16.7 Å². The largest absolute Gasteiger partial charge is 0.391 e. The van der Waals surface area contributed by atoms with E-state index < -0.39 is 6.10 Å². The molecule has 1 amide bonds. The van der Waals surface area contributed by atoms with E-state index in [1.807, 2.05) is 0 Å². The van der Waals surface area contributed by atoms with Crippen molar-refractivity contribution in [3.63, 3.8) is 0 Å². The van der Waals surface area contributed by atoms with Gasteiger partial charge in [-0.2, -0.15) is 0 Å². The van der Waals surface area contributed by atoms with Gasteiger partial charge in [0.15, 0.2) is 0 Å². The lowest BCUT2D eigenvalue weighted by atomic mass is 10.1. The van der Waals surface area contributed by atoms with Gasteiger partial charge in [0.25, 0.3) is 5.91 Å². The van der Waals surface area contributed by atoms with E-state index in [2.05, 4.69) is 4.98 Å². The van der Waals surface area contributed by atoms with Crippen LogP contribution in [0.4, 0.5) is 0 Å². The second kappa shape index (κ2) is 5.21.